The molecule has 0 amide bonds. The van der Waals surface area contributed by atoms with Crippen LogP contribution in [0.15, 0.2) is 54.2 Å². The van der Waals surface area contributed by atoms with Gasteiger partial charge in [-0.25, -0.2) is 0 Å². The lowest BCUT2D eigenvalue weighted by molar-refractivity contribution is -0.128. The van der Waals surface area contributed by atoms with Crippen molar-refractivity contribution in [3.05, 3.63) is 59.7 Å². The third kappa shape index (κ3) is 3.46. The van der Waals surface area contributed by atoms with Crippen molar-refractivity contribution in [1.29, 1.82) is 0 Å². The molecule has 0 saturated carbocycles. The maximum Gasteiger partial charge on any atom is 0.200 e. The van der Waals surface area contributed by atoms with Crippen molar-refractivity contribution >= 4 is 33.6 Å². The molecule has 152 valence electrons. The zero-order valence-electron chi connectivity index (χ0n) is 16.6. The number of phenols is 1. The molecule has 2 aliphatic carbocycles. The normalized spacial score (nSPS) is 26.6. The number of ketones is 2. The third-order valence-electron chi connectivity index (χ3n) is 5.56. The van der Waals surface area contributed by atoms with Crippen molar-refractivity contribution in [1.82, 2.24) is 0 Å². The van der Waals surface area contributed by atoms with Crippen LogP contribution in [-0.4, -0.2) is 35.2 Å². The molecule has 5 nitrogen and oxygen atoms in total. The van der Waals surface area contributed by atoms with Gasteiger partial charge in [-0.2, -0.15) is 0 Å². The van der Waals surface area contributed by atoms with Crippen molar-refractivity contribution in [2.24, 2.45) is 11.8 Å². The maximum atomic E-state index is 13.0. The van der Waals surface area contributed by atoms with Gasteiger partial charge < -0.3 is 14.6 Å². The van der Waals surface area contributed by atoms with Gasteiger partial charge in [0, 0.05) is 11.8 Å². The number of aromatic hydroxyl groups is 1. The van der Waals surface area contributed by atoms with Crippen molar-refractivity contribution in [3.8, 4) is 17.2 Å². The van der Waals surface area contributed by atoms with E-state index in [2.05, 4.69) is 22.5 Å². The number of methoxy groups -OCH3 is 2. The van der Waals surface area contributed by atoms with E-state index in [-0.39, 0.29) is 34.7 Å². The summed E-state index contributed by atoms with van der Waals surface area (Å²) in [6.07, 6.45) is 9.28. The van der Waals surface area contributed by atoms with Crippen molar-refractivity contribution < 1.29 is 24.2 Å². The summed E-state index contributed by atoms with van der Waals surface area (Å²) in [6.45, 7) is 5.56. The number of carbonyl (C=O) groups is 2. The average molecular weight is 459 g/mol. The van der Waals surface area contributed by atoms with Crippen LogP contribution in [0.5, 0.6) is 17.2 Å². The predicted octanol–water partition coefficient (Wildman–Crippen LogP) is 4.40. The number of phenolic OH excluding ortho intramolecular Hbond substituents is 1. The first-order valence-corrected chi connectivity index (χ1v) is 9.98. The van der Waals surface area contributed by atoms with E-state index >= 15 is 0 Å². The number of carbonyl (C=O) groups excluding carboxylic acids is 2. The van der Waals surface area contributed by atoms with E-state index in [0.717, 1.165) is 11.1 Å². The molecule has 0 heterocycles. The molecule has 0 aromatic heterocycles. The molecule has 3 atom stereocenters. The lowest BCUT2D eigenvalue weighted by Crippen LogP contribution is -2.53. The smallest absolute Gasteiger partial charge is 0.200 e. The molecule has 1 aromatic carbocycles. The number of allylic oxidation sites excluding steroid dienone is 6. The van der Waals surface area contributed by atoms with Crippen molar-refractivity contribution in [3.63, 3.8) is 0 Å². The standard InChI is InChI=1S/C23H23BrO5/c1-5-15-7-9-17-21(26)13(2)10-20(25)23(17,24)16(15)8-6-14-11-18(28-3)22(27)19(12-14)29-4/h5-8,10-12,16-17,27H,1,9H2,2-4H3. The van der Waals surface area contributed by atoms with E-state index in [1.165, 1.54) is 20.3 Å². The second kappa shape index (κ2) is 8.03. The molecule has 1 aromatic rings. The molecular formula is C23H23BrO5. The van der Waals surface area contributed by atoms with Gasteiger partial charge in [-0.05, 0) is 48.3 Å². The Morgan fingerprint density at radius 3 is 2.41 bits per heavy atom. The van der Waals surface area contributed by atoms with Gasteiger partial charge in [-0.1, -0.05) is 46.8 Å². The summed E-state index contributed by atoms with van der Waals surface area (Å²) in [4.78, 5) is 25.7. The number of hydrogen-bond donors (Lipinski definition) is 1. The molecule has 0 saturated heterocycles. The van der Waals surface area contributed by atoms with Crippen LogP contribution >= 0.6 is 15.9 Å². The fourth-order valence-corrected chi connectivity index (χ4v) is 4.89. The Bertz CT molecular complexity index is 946. The molecule has 3 rings (SSSR count). The van der Waals surface area contributed by atoms with Crippen LogP contribution in [0.4, 0.5) is 0 Å². The Balaban J connectivity index is 2.07. The first-order valence-electron chi connectivity index (χ1n) is 9.19. The van der Waals surface area contributed by atoms with Gasteiger partial charge >= 0.3 is 0 Å². The Morgan fingerprint density at radius 2 is 1.86 bits per heavy atom. The fraction of sp³-hybridized carbons (Fsp3) is 0.304. The number of alkyl halides is 1. The maximum absolute atomic E-state index is 13.0. The lowest BCUT2D eigenvalue weighted by Gasteiger charge is -2.44. The highest BCUT2D eigenvalue weighted by molar-refractivity contribution is 9.10. The molecule has 1 N–H and O–H groups in total. The molecule has 0 radical (unpaired) electrons. The summed E-state index contributed by atoms with van der Waals surface area (Å²) in [6, 6.07) is 3.34. The highest BCUT2D eigenvalue weighted by Crippen LogP contribution is 2.50. The van der Waals surface area contributed by atoms with Crippen LogP contribution in [-0.2, 0) is 9.59 Å². The molecule has 0 aliphatic heterocycles. The van der Waals surface area contributed by atoms with E-state index in [1.807, 2.05) is 18.2 Å². The van der Waals surface area contributed by atoms with E-state index in [9.17, 15) is 14.7 Å². The van der Waals surface area contributed by atoms with E-state index < -0.39 is 10.2 Å². The Morgan fingerprint density at radius 1 is 1.24 bits per heavy atom. The highest BCUT2D eigenvalue weighted by atomic mass is 79.9. The molecule has 0 fully saturated rings. The Labute approximate surface area is 178 Å². The van der Waals surface area contributed by atoms with Crippen LogP contribution in [0, 0.1) is 11.8 Å². The lowest BCUT2D eigenvalue weighted by atomic mass is 9.64. The number of benzene rings is 1. The molecule has 0 spiro atoms. The number of halogens is 1. The molecule has 6 heteroatoms. The summed E-state index contributed by atoms with van der Waals surface area (Å²) in [7, 11) is 2.92. The molecule has 29 heavy (non-hydrogen) atoms. The van der Waals surface area contributed by atoms with Gasteiger partial charge in [-0.15, -0.1) is 0 Å². The molecule has 0 bridgehead atoms. The predicted molar refractivity (Wildman–Crippen MR) is 116 cm³/mol. The molecular weight excluding hydrogens is 436 g/mol. The third-order valence-corrected chi connectivity index (χ3v) is 6.99. The van der Waals surface area contributed by atoms with Gasteiger partial charge in [0.05, 0.1) is 14.2 Å². The van der Waals surface area contributed by atoms with Crippen LogP contribution in [0.1, 0.15) is 18.9 Å². The second-order valence-electron chi connectivity index (χ2n) is 7.13. The van der Waals surface area contributed by atoms with Gasteiger partial charge in [-0.3, -0.25) is 9.59 Å². The first kappa shape index (κ1) is 21.1. The topological polar surface area (TPSA) is 72.8 Å². The molecule has 2 aliphatic rings. The fourth-order valence-electron chi connectivity index (χ4n) is 3.97. The largest absolute Gasteiger partial charge is 0.502 e. The van der Waals surface area contributed by atoms with E-state index in [1.54, 1.807) is 25.1 Å². The minimum Gasteiger partial charge on any atom is -0.502 e. The first-order chi connectivity index (χ1) is 13.8. The van der Waals surface area contributed by atoms with Gasteiger partial charge in [0.2, 0.25) is 5.75 Å². The number of rotatable bonds is 5. The summed E-state index contributed by atoms with van der Waals surface area (Å²) < 4.78 is 9.36. The average Bonchev–Trinajstić information content (AvgIpc) is 2.71. The second-order valence-corrected chi connectivity index (χ2v) is 8.44. The quantitative estimate of drug-likeness (QED) is 0.661. The summed E-state index contributed by atoms with van der Waals surface area (Å²) in [5.74, 6) is -0.522. The Kier molecular flexibility index (Phi) is 5.85. The Hall–Kier alpha value is -2.60. The number of fused-ring (bicyclic) bond motifs is 1. The molecule has 3 unspecified atom stereocenters. The van der Waals surface area contributed by atoms with Crippen molar-refractivity contribution in [2.45, 2.75) is 17.7 Å². The van der Waals surface area contributed by atoms with Crippen LogP contribution in [0.25, 0.3) is 6.08 Å². The monoisotopic (exact) mass is 458 g/mol. The van der Waals surface area contributed by atoms with Gasteiger partial charge in [0.25, 0.3) is 0 Å². The zero-order valence-corrected chi connectivity index (χ0v) is 18.2. The minimum absolute atomic E-state index is 0.0211. The van der Waals surface area contributed by atoms with E-state index in [4.69, 9.17) is 9.47 Å². The van der Waals surface area contributed by atoms with Crippen molar-refractivity contribution in [2.75, 3.05) is 14.2 Å². The summed E-state index contributed by atoms with van der Waals surface area (Å²) >= 11 is 3.65. The van der Waals surface area contributed by atoms with Crippen LogP contribution in [0.3, 0.4) is 0 Å². The number of ether oxygens (including phenoxy) is 2. The highest BCUT2D eigenvalue weighted by Gasteiger charge is 2.55. The SMILES string of the molecule is C=CC1=CCC2C(=O)C(C)=CC(=O)C2(Br)C1C=Cc1cc(OC)c(O)c(OC)c1. The van der Waals surface area contributed by atoms with Crippen LogP contribution < -0.4 is 9.47 Å². The zero-order chi connectivity index (χ0) is 21.3. The number of Topliss-reactive ketones (excluding diaryl/α,β-unsaturated/α-hetero) is 1. The van der Waals surface area contributed by atoms with Gasteiger partial charge in [0.15, 0.2) is 23.1 Å². The summed E-state index contributed by atoms with van der Waals surface area (Å²) in [5.41, 5.74) is 2.09. The number of hydrogen-bond acceptors (Lipinski definition) is 5. The summed E-state index contributed by atoms with van der Waals surface area (Å²) in [5, 5.41) is 10.1. The van der Waals surface area contributed by atoms with Crippen LogP contribution in [0.2, 0.25) is 0 Å². The van der Waals surface area contributed by atoms with Gasteiger partial charge in [0.1, 0.15) is 4.32 Å². The minimum atomic E-state index is -1.05. The van der Waals surface area contributed by atoms with E-state index in [0.29, 0.717) is 12.0 Å².